The van der Waals surface area contributed by atoms with Crippen LogP contribution in [0.1, 0.15) is 5.56 Å². The molecule has 1 aromatic carbocycles. The van der Waals surface area contributed by atoms with Crippen molar-refractivity contribution in [2.75, 3.05) is 12.4 Å². The zero-order valence-corrected chi connectivity index (χ0v) is 11.0. The van der Waals surface area contributed by atoms with E-state index in [1.165, 1.54) is 24.5 Å². The Morgan fingerprint density at radius 1 is 1.14 bits per heavy atom. The average Bonchev–Trinajstić information content (AvgIpc) is 2.90. The molecule has 3 rings (SSSR count). The Hall–Kier alpha value is -2.57. The molecule has 2 aromatic heterocycles. The molecule has 0 spiro atoms. The van der Waals surface area contributed by atoms with Gasteiger partial charge in [0.1, 0.15) is 0 Å². The number of nitrogens with zero attached hydrogens (tertiary/aromatic N) is 3. The van der Waals surface area contributed by atoms with Crippen LogP contribution >= 0.6 is 0 Å². The number of benzene rings is 1. The van der Waals surface area contributed by atoms with Crippen LogP contribution in [0.2, 0.25) is 0 Å². The van der Waals surface area contributed by atoms with E-state index in [-0.39, 0.29) is 5.56 Å². The first-order valence-electron chi connectivity index (χ1n) is 6.19. The minimum absolute atomic E-state index is 0.0887. The van der Waals surface area contributed by atoms with Crippen LogP contribution in [-0.4, -0.2) is 21.4 Å². The fraction of sp³-hybridized carbons (Fsp3) is 0.143. The van der Waals surface area contributed by atoms with Gasteiger partial charge in [-0.1, -0.05) is 18.2 Å². The molecule has 0 unspecified atom stereocenters. The quantitative estimate of drug-likeness (QED) is 0.786. The van der Waals surface area contributed by atoms with Gasteiger partial charge in [-0.25, -0.2) is 9.97 Å². The Kier molecular flexibility index (Phi) is 3.04. The molecule has 0 aliphatic heterocycles. The molecule has 0 fully saturated rings. The zero-order chi connectivity index (χ0) is 15.0. The first-order chi connectivity index (χ1) is 10.0. The molecule has 108 valence electrons. The lowest BCUT2D eigenvalue weighted by Crippen LogP contribution is -2.07. The van der Waals surface area contributed by atoms with Crippen molar-refractivity contribution in [3.8, 4) is 11.3 Å². The monoisotopic (exact) mass is 292 g/mol. The van der Waals surface area contributed by atoms with Crippen LogP contribution in [0.4, 0.5) is 19.0 Å². The summed E-state index contributed by atoms with van der Waals surface area (Å²) in [6.45, 7) is 0. The number of hydrogen-bond donors (Lipinski definition) is 1. The van der Waals surface area contributed by atoms with Gasteiger partial charge in [0.05, 0.1) is 17.5 Å². The van der Waals surface area contributed by atoms with Gasteiger partial charge in [-0.15, -0.1) is 0 Å². The van der Waals surface area contributed by atoms with Gasteiger partial charge in [0.15, 0.2) is 11.5 Å². The lowest BCUT2D eigenvalue weighted by molar-refractivity contribution is -0.137. The molecule has 4 nitrogen and oxygen atoms in total. The van der Waals surface area contributed by atoms with Gasteiger partial charge in [0.2, 0.25) is 0 Å². The Morgan fingerprint density at radius 3 is 2.62 bits per heavy atom. The average molecular weight is 292 g/mol. The first kappa shape index (κ1) is 13.4. The molecule has 0 saturated heterocycles. The third-order valence-electron chi connectivity index (χ3n) is 3.17. The summed E-state index contributed by atoms with van der Waals surface area (Å²) in [7, 11) is 1.68. The summed E-state index contributed by atoms with van der Waals surface area (Å²) in [6, 6.07) is 5.45. The van der Waals surface area contributed by atoms with E-state index in [0.29, 0.717) is 17.2 Å². The number of anilines is 1. The predicted molar refractivity (Wildman–Crippen MR) is 73.0 cm³/mol. The molecule has 0 saturated carbocycles. The van der Waals surface area contributed by atoms with Crippen LogP contribution in [0.5, 0.6) is 0 Å². The minimum atomic E-state index is -4.42. The molecule has 0 amide bonds. The number of halogens is 3. The lowest BCUT2D eigenvalue weighted by Gasteiger charge is -2.12. The Morgan fingerprint density at radius 2 is 1.90 bits per heavy atom. The topological polar surface area (TPSA) is 42.2 Å². The summed E-state index contributed by atoms with van der Waals surface area (Å²) >= 11 is 0. The molecule has 0 aliphatic carbocycles. The minimum Gasteiger partial charge on any atom is -0.370 e. The summed E-state index contributed by atoms with van der Waals surface area (Å²) in [5.74, 6) is 0.508. The van der Waals surface area contributed by atoms with E-state index in [2.05, 4.69) is 15.3 Å². The maximum atomic E-state index is 13.1. The second-order valence-electron chi connectivity index (χ2n) is 4.41. The highest BCUT2D eigenvalue weighted by Crippen LogP contribution is 2.37. The third-order valence-corrected chi connectivity index (χ3v) is 3.17. The van der Waals surface area contributed by atoms with Crippen molar-refractivity contribution >= 4 is 11.5 Å². The van der Waals surface area contributed by atoms with Crippen molar-refractivity contribution in [2.45, 2.75) is 6.18 Å². The van der Waals surface area contributed by atoms with Gasteiger partial charge in [-0.3, -0.25) is 4.40 Å². The van der Waals surface area contributed by atoms with Crippen LogP contribution in [0.15, 0.2) is 42.9 Å². The molecule has 0 radical (unpaired) electrons. The van der Waals surface area contributed by atoms with Crippen LogP contribution in [-0.2, 0) is 6.18 Å². The number of hydrogen-bond acceptors (Lipinski definition) is 3. The van der Waals surface area contributed by atoms with E-state index >= 15 is 0 Å². The van der Waals surface area contributed by atoms with E-state index in [4.69, 9.17) is 0 Å². The van der Waals surface area contributed by atoms with E-state index < -0.39 is 11.7 Å². The summed E-state index contributed by atoms with van der Waals surface area (Å²) in [5.41, 5.74) is 0.254. The standard InChI is InChI=1S/C14H11F3N4/c1-18-12-13-20-8-11(21(13)7-6-19-12)9-4-2-3-5-10(9)14(15,16)17/h2-8H,1H3,(H,18,19). The normalized spacial score (nSPS) is 11.8. The third kappa shape index (κ3) is 2.20. The van der Waals surface area contributed by atoms with Crippen LogP contribution < -0.4 is 5.32 Å². The van der Waals surface area contributed by atoms with Gasteiger partial charge in [0.25, 0.3) is 0 Å². The molecular formula is C14H11F3N4. The fourth-order valence-electron chi connectivity index (χ4n) is 2.25. The second-order valence-corrected chi connectivity index (χ2v) is 4.41. The van der Waals surface area contributed by atoms with Crippen molar-refractivity contribution in [1.82, 2.24) is 14.4 Å². The first-order valence-corrected chi connectivity index (χ1v) is 6.19. The van der Waals surface area contributed by atoms with Gasteiger partial charge in [-0.2, -0.15) is 13.2 Å². The summed E-state index contributed by atoms with van der Waals surface area (Å²) in [6.07, 6.45) is 0.105. The van der Waals surface area contributed by atoms with Gasteiger partial charge in [-0.05, 0) is 6.07 Å². The largest absolute Gasteiger partial charge is 0.417 e. The van der Waals surface area contributed by atoms with Crippen molar-refractivity contribution < 1.29 is 13.2 Å². The van der Waals surface area contributed by atoms with E-state index in [9.17, 15) is 13.2 Å². The van der Waals surface area contributed by atoms with Gasteiger partial charge < -0.3 is 5.32 Å². The molecule has 0 bridgehead atoms. The predicted octanol–water partition coefficient (Wildman–Crippen LogP) is 3.46. The molecule has 3 aromatic rings. The second kappa shape index (κ2) is 4.76. The van der Waals surface area contributed by atoms with Crippen molar-refractivity contribution in [2.24, 2.45) is 0 Å². The number of alkyl halides is 3. The molecular weight excluding hydrogens is 281 g/mol. The highest BCUT2D eigenvalue weighted by molar-refractivity contribution is 5.72. The summed E-state index contributed by atoms with van der Waals surface area (Å²) in [5, 5.41) is 2.86. The number of fused-ring (bicyclic) bond motifs is 1. The summed E-state index contributed by atoms with van der Waals surface area (Å²) < 4.78 is 41.0. The van der Waals surface area contributed by atoms with Crippen molar-refractivity contribution in [1.29, 1.82) is 0 Å². The molecule has 0 atom stereocenters. The number of imidazole rings is 1. The zero-order valence-electron chi connectivity index (χ0n) is 11.0. The summed E-state index contributed by atoms with van der Waals surface area (Å²) in [4.78, 5) is 8.25. The number of rotatable bonds is 2. The van der Waals surface area contributed by atoms with E-state index in [0.717, 1.165) is 6.07 Å². The van der Waals surface area contributed by atoms with Crippen molar-refractivity contribution in [3.05, 3.63) is 48.4 Å². The molecule has 0 aliphatic rings. The van der Waals surface area contributed by atoms with E-state index in [1.807, 2.05) is 0 Å². The van der Waals surface area contributed by atoms with Crippen LogP contribution in [0, 0.1) is 0 Å². The van der Waals surface area contributed by atoms with Gasteiger partial charge >= 0.3 is 6.18 Å². The number of nitrogens with one attached hydrogen (secondary N) is 1. The van der Waals surface area contributed by atoms with Crippen molar-refractivity contribution in [3.63, 3.8) is 0 Å². The maximum absolute atomic E-state index is 13.1. The SMILES string of the molecule is CNc1nccn2c(-c3ccccc3C(F)(F)F)cnc12. The maximum Gasteiger partial charge on any atom is 0.417 e. The lowest BCUT2D eigenvalue weighted by atomic mass is 10.0. The molecule has 21 heavy (non-hydrogen) atoms. The Labute approximate surface area is 118 Å². The number of aromatic nitrogens is 3. The molecule has 1 N–H and O–H groups in total. The highest BCUT2D eigenvalue weighted by atomic mass is 19.4. The smallest absolute Gasteiger partial charge is 0.370 e. The van der Waals surface area contributed by atoms with E-state index in [1.54, 1.807) is 23.7 Å². The molecule has 2 heterocycles. The van der Waals surface area contributed by atoms with Crippen LogP contribution in [0.3, 0.4) is 0 Å². The molecule has 7 heteroatoms. The Bertz CT molecular complexity index is 792. The van der Waals surface area contributed by atoms with Gasteiger partial charge in [0, 0.05) is 25.0 Å². The Balaban J connectivity index is 2.28. The highest BCUT2D eigenvalue weighted by Gasteiger charge is 2.34. The van der Waals surface area contributed by atoms with Crippen LogP contribution in [0.25, 0.3) is 16.9 Å². The fourth-order valence-corrected chi connectivity index (χ4v) is 2.25.